The number of nitrogens with zero attached hydrogens (tertiary/aromatic N) is 1. The van der Waals surface area contributed by atoms with Crippen LogP contribution in [0.3, 0.4) is 0 Å². The van der Waals surface area contributed by atoms with Gasteiger partial charge in [-0.3, -0.25) is 9.59 Å². The number of carbonyl (C=O) groups excluding carboxylic acids is 2. The van der Waals surface area contributed by atoms with Crippen molar-refractivity contribution in [2.24, 2.45) is 11.3 Å². The van der Waals surface area contributed by atoms with E-state index in [0.29, 0.717) is 36.6 Å². The second kappa shape index (κ2) is 6.91. The minimum Gasteiger partial charge on any atom is -0.342 e. The Hall–Kier alpha value is -1.55. The van der Waals surface area contributed by atoms with Gasteiger partial charge in [0.15, 0.2) is 0 Å². The van der Waals surface area contributed by atoms with Gasteiger partial charge in [-0.05, 0) is 37.5 Å². The highest BCUT2D eigenvalue weighted by molar-refractivity contribution is 6.33. The molecule has 0 spiro atoms. The van der Waals surface area contributed by atoms with Crippen LogP contribution in [0.4, 0.5) is 5.69 Å². The molecule has 0 radical (unpaired) electrons. The van der Waals surface area contributed by atoms with Gasteiger partial charge in [0, 0.05) is 24.4 Å². The van der Waals surface area contributed by atoms with Gasteiger partial charge in [0.1, 0.15) is 0 Å². The number of hydrogen-bond donors (Lipinski definition) is 1. The number of rotatable bonds is 2. The number of hydrogen-bond acceptors (Lipinski definition) is 2. The van der Waals surface area contributed by atoms with Crippen LogP contribution in [-0.2, 0) is 9.59 Å². The van der Waals surface area contributed by atoms with Gasteiger partial charge in [-0.2, -0.15) is 0 Å². The largest absolute Gasteiger partial charge is 0.342 e. The van der Waals surface area contributed by atoms with Gasteiger partial charge >= 0.3 is 0 Å². The molecule has 2 amide bonds. The van der Waals surface area contributed by atoms with Crippen LogP contribution in [0.2, 0.25) is 5.02 Å². The van der Waals surface area contributed by atoms with E-state index in [4.69, 9.17) is 11.6 Å². The fourth-order valence-corrected chi connectivity index (χ4v) is 3.06. The lowest BCUT2D eigenvalue weighted by Crippen LogP contribution is -2.45. The number of benzene rings is 1. The number of piperidine rings is 1. The number of likely N-dealkylation sites (tertiary alicyclic amines) is 1. The van der Waals surface area contributed by atoms with Crippen LogP contribution in [0.25, 0.3) is 0 Å². The molecule has 1 fully saturated rings. The van der Waals surface area contributed by atoms with E-state index in [1.807, 2.05) is 50.8 Å². The molecule has 5 heteroatoms. The number of aryl methyl sites for hydroxylation is 1. The molecule has 1 N–H and O–H groups in total. The first kappa shape index (κ1) is 17.8. The molecule has 1 aromatic carbocycles. The van der Waals surface area contributed by atoms with Crippen LogP contribution in [0.5, 0.6) is 0 Å². The fourth-order valence-electron chi connectivity index (χ4n) is 2.78. The molecule has 0 aliphatic carbocycles. The molecule has 0 unspecified atom stereocenters. The van der Waals surface area contributed by atoms with E-state index in [1.165, 1.54) is 0 Å². The Morgan fingerprint density at radius 3 is 2.35 bits per heavy atom. The first-order chi connectivity index (χ1) is 10.7. The molecule has 1 heterocycles. The Morgan fingerprint density at radius 2 is 1.83 bits per heavy atom. The zero-order chi connectivity index (χ0) is 17.2. The molecule has 0 atom stereocenters. The molecule has 1 aliphatic heterocycles. The third kappa shape index (κ3) is 4.47. The quantitative estimate of drug-likeness (QED) is 0.891. The predicted octanol–water partition coefficient (Wildman–Crippen LogP) is 3.87. The zero-order valence-corrected chi connectivity index (χ0v) is 15.0. The van der Waals surface area contributed by atoms with E-state index in [0.717, 1.165) is 5.56 Å². The van der Waals surface area contributed by atoms with E-state index in [2.05, 4.69) is 5.32 Å². The summed E-state index contributed by atoms with van der Waals surface area (Å²) in [4.78, 5) is 26.5. The highest BCUT2D eigenvalue weighted by atomic mass is 35.5. The Balaban J connectivity index is 1.92. The lowest BCUT2D eigenvalue weighted by molar-refractivity contribution is -0.142. The topological polar surface area (TPSA) is 49.4 Å². The number of amides is 2. The molecule has 1 saturated heterocycles. The molecule has 0 bridgehead atoms. The second-order valence-electron chi connectivity index (χ2n) is 7.29. The van der Waals surface area contributed by atoms with Crippen LogP contribution in [0, 0.1) is 18.3 Å². The first-order valence-electron chi connectivity index (χ1n) is 8.05. The average Bonchev–Trinajstić information content (AvgIpc) is 2.48. The average molecular weight is 337 g/mol. The maximum Gasteiger partial charge on any atom is 0.227 e. The van der Waals surface area contributed by atoms with Gasteiger partial charge in [-0.25, -0.2) is 0 Å². The summed E-state index contributed by atoms with van der Waals surface area (Å²) in [5.41, 5.74) is 1.34. The Bertz CT molecular complexity index is 600. The summed E-state index contributed by atoms with van der Waals surface area (Å²) < 4.78 is 0. The first-order valence-corrected chi connectivity index (χ1v) is 8.42. The number of nitrogens with one attached hydrogen (secondary N) is 1. The van der Waals surface area contributed by atoms with Gasteiger partial charge < -0.3 is 10.2 Å². The molecule has 4 nitrogen and oxygen atoms in total. The Labute approximate surface area is 143 Å². The van der Waals surface area contributed by atoms with Gasteiger partial charge in [-0.15, -0.1) is 0 Å². The summed E-state index contributed by atoms with van der Waals surface area (Å²) in [6.45, 7) is 9.00. The second-order valence-corrected chi connectivity index (χ2v) is 7.70. The predicted molar refractivity (Wildman–Crippen MR) is 93.6 cm³/mol. The van der Waals surface area contributed by atoms with Crippen molar-refractivity contribution in [3.8, 4) is 0 Å². The molecule has 2 rings (SSSR count). The van der Waals surface area contributed by atoms with E-state index in [9.17, 15) is 9.59 Å². The summed E-state index contributed by atoms with van der Waals surface area (Å²) in [5.74, 6) is 0.0629. The van der Waals surface area contributed by atoms with Crippen LogP contribution >= 0.6 is 11.6 Å². The lowest BCUT2D eigenvalue weighted by atomic mass is 9.90. The summed E-state index contributed by atoms with van der Waals surface area (Å²) in [5, 5.41) is 3.46. The molecule has 126 valence electrons. The number of halogens is 1. The minimum absolute atomic E-state index is 0.0152. The molecular weight excluding hydrogens is 312 g/mol. The van der Waals surface area contributed by atoms with Crippen molar-refractivity contribution in [3.63, 3.8) is 0 Å². The highest BCUT2D eigenvalue weighted by Gasteiger charge is 2.32. The van der Waals surface area contributed by atoms with Gasteiger partial charge in [0.25, 0.3) is 0 Å². The highest BCUT2D eigenvalue weighted by Crippen LogP contribution is 2.27. The van der Waals surface area contributed by atoms with Crippen LogP contribution in [0.15, 0.2) is 18.2 Å². The van der Waals surface area contributed by atoms with E-state index >= 15 is 0 Å². The molecule has 23 heavy (non-hydrogen) atoms. The van der Waals surface area contributed by atoms with Crippen molar-refractivity contribution in [1.29, 1.82) is 0 Å². The van der Waals surface area contributed by atoms with Crippen molar-refractivity contribution in [3.05, 3.63) is 28.8 Å². The van der Waals surface area contributed by atoms with Crippen LogP contribution in [-0.4, -0.2) is 29.8 Å². The third-order valence-electron chi connectivity index (χ3n) is 4.18. The van der Waals surface area contributed by atoms with Gasteiger partial charge in [-0.1, -0.05) is 38.4 Å². The summed E-state index contributed by atoms with van der Waals surface area (Å²) in [7, 11) is 0. The van der Waals surface area contributed by atoms with Crippen molar-refractivity contribution >= 4 is 29.1 Å². The Morgan fingerprint density at radius 1 is 1.22 bits per heavy atom. The lowest BCUT2D eigenvalue weighted by Gasteiger charge is -2.35. The van der Waals surface area contributed by atoms with Crippen LogP contribution in [0.1, 0.15) is 39.2 Å². The number of carbonyl (C=O) groups is 2. The van der Waals surface area contributed by atoms with Crippen molar-refractivity contribution in [1.82, 2.24) is 4.90 Å². The van der Waals surface area contributed by atoms with E-state index < -0.39 is 0 Å². The summed E-state index contributed by atoms with van der Waals surface area (Å²) in [6.07, 6.45) is 1.38. The number of anilines is 1. The zero-order valence-electron chi connectivity index (χ0n) is 14.3. The molecule has 0 aromatic heterocycles. The maximum atomic E-state index is 12.4. The molecule has 1 aliphatic rings. The normalized spacial score (nSPS) is 16.3. The minimum atomic E-state index is -0.371. The van der Waals surface area contributed by atoms with Crippen molar-refractivity contribution < 1.29 is 9.59 Å². The van der Waals surface area contributed by atoms with E-state index in [-0.39, 0.29) is 23.1 Å². The van der Waals surface area contributed by atoms with E-state index in [1.54, 1.807) is 0 Å². The monoisotopic (exact) mass is 336 g/mol. The standard InChI is InChI=1S/C18H25ClN2O2/c1-12-5-6-15(14(19)11-12)20-16(22)13-7-9-21(10-8-13)17(23)18(2,3)4/h5-6,11,13H,7-10H2,1-4H3,(H,20,22). The van der Waals surface area contributed by atoms with Crippen molar-refractivity contribution in [2.45, 2.75) is 40.5 Å². The van der Waals surface area contributed by atoms with Crippen LogP contribution < -0.4 is 5.32 Å². The summed E-state index contributed by atoms with van der Waals surface area (Å²) in [6, 6.07) is 5.59. The smallest absolute Gasteiger partial charge is 0.227 e. The summed E-state index contributed by atoms with van der Waals surface area (Å²) >= 11 is 6.16. The molecule has 1 aromatic rings. The fraction of sp³-hybridized carbons (Fsp3) is 0.556. The maximum absolute atomic E-state index is 12.4. The van der Waals surface area contributed by atoms with Gasteiger partial charge in [0.05, 0.1) is 10.7 Å². The molecular formula is C18H25ClN2O2. The molecule has 0 saturated carbocycles. The Kier molecular flexibility index (Phi) is 5.35. The van der Waals surface area contributed by atoms with Crippen molar-refractivity contribution in [2.75, 3.05) is 18.4 Å². The third-order valence-corrected chi connectivity index (χ3v) is 4.49. The SMILES string of the molecule is Cc1ccc(NC(=O)C2CCN(C(=O)C(C)(C)C)CC2)c(Cl)c1. The van der Waals surface area contributed by atoms with Gasteiger partial charge in [0.2, 0.25) is 11.8 Å².